The second-order valence-corrected chi connectivity index (χ2v) is 6.65. The first-order chi connectivity index (χ1) is 11.7. The van der Waals surface area contributed by atoms with Crippen molar-refractivity contribution in [2.45, 2.75) is 36.9 Å². The van der Waals surface area contributed by atoms with Gasteiger partial charge in [-0.05, 0) is 36.8 Å². The highest BCUT2D eigenvalue weighted by Gasteiger charge is 2.28. The standard InChI is InChI=1S/C18H20FN3OS/c1-24-18-20-11-14(12-21-18)17(23)22-9-4-2-3-8-16(22)13-6-5-7-15(19)10-13/h5-7,10-12,16H,2-4,8-9H2,1H3/t16-/m1/s1. The Labute approximate surface area is 145 Å². The van der Waals surface area contributed by atoms with Crippen LogP contribution in [0.2, 0.25) is 0 Å². The number of amides is 1. The quantitative estimate of drug-likeness (QED) is 0.621. The van der Waals surface area contributed by atoms with Crippen LogP contribution in [0.1, 0.15) is 47.6 Å². The smallest absolute Gasteiger partial charge is 0.257 e. The van der Waals surface area contributed by atoms with E-state index in [0.29, 0.717) is 17.3 Å². The number of benzene rings is 1. The Bertz CT molecular complexity index is 708. The van der Waals surface area contributed by atoms with E-state index in [1.807, 2.05) is 17.2 Å². The van der Waals surface area contributed by atoms with Crippen LogP contribution in [0.4, 0.5) is 4.39 Å². The zero-order valence-corrected chi connectivity index (χ0v) is 14.4. The molecular formula is C18H20FN3OS. The highest BCUT2D eigenvalue weighted by atomic mass is 32.2. The maximum atomic E-state index is 13.6. The van der Waals surface area contributed by atoms with Gasteiger partial charge in [0.2, 0.25) is 0 Å². The SMILES string of the molecule is CSc1ncc(C(=O)N2CCCCC[C@@H]2c2cccc(F)c2)cn1. The fourth-order valence-electron chi connectivity index (χ4n) is 3.11. The average Bonchev–Trinajstić information content (AvgIpc) is 2.87. The molecule has 0 spiro atoms. The van der Waals surface area contributed by atoms with E-state index in [1.54, 1.807) is 18.5 Å². The number of hydrogen-bond acceptors (Lipinski definition) is 4. The number of nitrogens with zero attached hydrogens (tertiary/aromatic N) is 3. The molecule has 6 heteroatoms. The number of hydrogen-bond donors (Lipinski definition) is 0. The van der Waals surface area contributed by atoms with Gasteiger partial charge in [-0.1, -0.05) is 36.7 Å². The van der Waals surface area contributed by atoms with Gasteiger partial charge in [0, 0.05) is 18.9 Å². The topological polar surface area (TPSA) is 46.1 Å². The molecule has 1 atom stereocenters. The van der Waals surface area contributed by atoms with Gasteiger partial charge in [0.1, 0.15) is 5.82 Å². The molecule has 0 N–H and O–H groups in total. The van der Waals surface area contributed by atoms with Gasteiger partial charge in [-0.3, -0.25) is 4.79 Å². The van der Waals surface area contributed by atoms with E-state index in [4.69, 9.17) is 0 Å². The summed E-state index contributed by atoms with van der Waals surface area (Å²) in [6, 6.07) is 6.46. The summed E-state index contributed by atoms with van der Waals surface area (Å²) in [7, 11) is 0. The van der Waals surface area contributed by atoms with E-state index in [1.165, 1.54) is 23.9 Å². The van der Waals surface area contributed by atoms with Crippen LogP contribution in [-0.4, -0.2) is 33.6 Å². The highest BCUT2D eigenvalue weighted by molar-refractivity contribution is 7.98. The Kier molecular flexibility index (Phi) is 5.45. The number of carbonyl (C=O) groups excluding carboxylic acids is 1. The third-order valence-electron chi connectivity index (χ3n) is 4.30. The van der Waals surface area contributed by atoms with Crippen LogP contribution in [0.3, 0.4) is 0 Å². The maximum absolute atomic E-state index is 13.6. The summed E-state index contributed by atoms with van der Waals surface area (Å²) in [5.41, 5.74) is 1.34. The number of aromatic nitrogens is 2. The van der Waals surface area contributed by atoms with Crippen LogP contribution < -0.4 is 0 Å². The van der Waals surface area contributed by atoms with Gasteiger partial charge in [-0.15, -0.1) is 0 Å². The summed E-state index contributed by atoms with van der Waals surface area (Å²) < 4.78 is 13.6. The molecule has 2 heterocycles. The molecule has 0 radical (unpaired) electrons. The van der Waals surface area contributed by atoms with Crippen LogP contribution in [0.15, 0.2) is 41.8 Å². The molecule has 1 saturated heterocycles. The minimum atomic E-state index is -0.267. The number of likely N-dealkylation sites (tertiary alicyclic amines) is 1. The molecule has 2 aromatic rings. The molecule has 1 amide bonds. The molecule has 1 aromatic heterocycles. The molecule has 1 aliphatic rings. The molecule has 4 nitrogen and oxygen atoms in total. The van der Waals surface area contributed by atoms with Crippen LogP contribution in [0.25, 0.3) is 0 Å². The predicted octanol–water partition coefficient (Wildman–Crippen LogP) is 4.10. The zero-order chi connectivity index (χ0) is 16.9. The van der Waals surface area contributed by atoms with Crippen molar-refractivity contribution in [1.29, 1.82) is 0 Å². The first-order valence-corrected chi connectivity index (χ1v) is 9.34. The zero-order valence-electron chi connectivity index (χ0n) is 13.6. The summed E-state index contributed by atoms with van der Waals surface area (Å²) in [5.74, 6) is -0.351. The van der Waals surface area contributed by atoms with E-state index >= 15 is 0 Å². The van der Waals surface area contributed by atoms with Crippen molar-refractivity contribution < 1.29 is 9.18 Å². The first-order valence-electron chi connectivity index (χ1n) is 8.11. The lowest BCUT2D eigenvalue weighted by Crippen LogP contribution is -2.35. The lowest BCUT2D eigenvalue weighted by atomic mass is 10.00. The number of carbonyl (C=O) groups is 1. The van der Waals surface area contributed by atoms with Crippen LogP contribution in [0.5, 0.6) is 0 Å². The number of rotatable bonds is 3. The third kappa shape index (κ3) is 3.75. The second-order valence-electron chi connectivity index (χ2n) is 5.88. The molecule has 0 unspecified atom stereocenters. The molecule has 0 saturated carbocycles. The van der Waals surface area contributed by atoms with Crippen molar-refractivity contribution in [3.63, 3.8) is 0 Å². The van der Waals surface area contributed by atoms with Crippen molar-refractivity contribution >= 4 is 17.7 Å². The monoisotopic (exact) mass is 345 g/mol. The second kappa shape index (κ2) is 7.75. The molecule has 0 aliphatic carbocycles. The van der Waals surface area contributed by atoms with Crippen molar-refractivity contribution in [3.05, 3.63) is 53.6 Å². The third-order valence-corrected chi connectivity index (χ3v) is 4.88. The van der Waals surface area contributed by atoms with Crippen molar-refractivity contribution in [2.75, 3.05) is 12.8 Å². The predicted molar refractivity (Wildman–Crippen MR) is 92.5 cm³/mol. The molecule has 24 heavy (non-hydrogen) atoms. The normalized spacial score (nSPS) is 18.2. The minimum Gasteiger partial charge on any atom is -0.332 e. The Morgan fingerprint density at radius 3 is 2.75 bits per heavy atom. The van der Waals surface area contributed by atoms with Gasteiger partial charge in [0.25, 0.3) is 5.91 Å². The maximum Gasteiger partial charge on any atom is 0.257 e. The van der Waals surface area contributed by atoms with Crippen LogP contribution in [0, 0.1) is 5.82 Å². The highest BCUT2D eigenvalue weighted by Crippen LogP contribution is 2.31. The Hall–Kier alpha value is -1.95. The van der Waals surface area contributed by atoms with E-state index < -0.39 is 0 Å². The van der Waals surface area contributed by atoms with Crippen molar-refractivity contribution in [3.8, 4) is 0 Å². The number of halogens is 1. The molecule has 0 bridgehead atoms. The lowest BCUT2D eigenvalue weighted by Gasteiger charge is -2.30. The van der Waals surface area contributed by atoms with Gasteiger partial charge < -0.3 is 4.90 Å². The van der Waals surface area contributed by atoms with Crippen LogP contribution >= 0.6 is 11.8 Å². The summed E-state index contributed by atoms with van der Waals surface area (Å²) in [6.07, 6.45) is 8.97. The molecular weight excluding hydrogens is 325 g/mol. The summed E-state index contributed by atoms with van der Waals surface area (Å²) >= 11 is 1.44. The van der Waals surface area contributed by atoms with Gasteiger partial charge >= 0.3 is 0 Å². The first kappa shape index (κ1) is 16.9. The van der Waals surface area contributed by atoms with Gasteiger partial charge in [0.15, 0.2) is 5.16 Å². The van der Waals surface area contributed by atoms with Gasteiger partial charge in [-0.25, -0.2) is 14.4 Å². The van der Waals surface area contributed by atoms with E-state index in [9.17, 15) is 9.18 Å². The molecule has 1 aliphatic heterocycles. The lowest BCUT2D eigenvalue weighted by molar-refractivity contribution is 0.0679. The van der Waals surface area contributed by atoms with E-state index in [2.05, 4.69) is 9.97 Å². The fourth-order valence-corrected chi connectivity index (χ4v) is 3.43. The largest absolute Gasteiger partial charge is 0.332 e. The van der Waals surface area contributed by atoms with Gasteiger partial charge in [-0.2, -0.15) is 0 Å². The summed E-state index contributed by atoms with van der Waals surface area (Å²) in [6.45, 7) is 0.671. The average molecular weight is 345 g/mol. The van der Waals surface area contributed by atoms with Crippen LogP contribution in [-0.2, 0) is 0 Å². The van der Waals surface area contributed by atoms with E-state index in [0.717, 1.165) is 31.2 Å². The van der Waals surface area contributed by atoms with E-state index in [-0.39, 0.29) is 17.8 Å². The Balaban J connectivity index is 1.90. The Morgan fingerprint density at radius 2 is 2.04 bits per heavy atom. The molecule has 1 fully saturated rings. The summed E-state index contributed by atoms with van der Waals surface area (Å²) in [5, 5.41) is 0.643. The molecule has 1 aromatic carbocycles. The molecule has 126 valence electrons. The number of thioether (sulfide) groups is 1. The molecule has 3 rings (SSSR count). The minimum absolute atomic E-state index is 0.0844. The van der Waals surface area contributed by atoms with Crippen molar-refractivity contribution in [1.82, 2.24) is 14.9 Å². The van der Waals surface area contributed by atoms with Gasteiger partial charge in [0.05, 0.1) is 11.6 Å². The fraction of sp³-hybridized carbons (Fsp3) is 0.389. The van der Waals surface area contributed by atoms with Crippen molar-refractivity contribution in [2.24, 2.45) is 0 Å². The Morgan fingerprint density at radius 1 is 1.25 bits per heavy atom. The summed E-state index contributed by atoms with van der Waals surface area (Å²) in [4.78, 5) is 23.2.